The summed E-state index contributed by atoms with van der Waals surface area (Å²) in [5, 5.41) is 15.2. The molecule has 14 heteroatoms. The van der Waals surface area contributed by atoms with Gasteiger partial charge in [-0.1, -0.05) is 94.4 Å². The number of halogens is 1. The summed E-state index contributed by atoms with van der Waals surface area (Å²) in [5.74, 6) is -4.97. The highest BCUT2D eigenvalue weighted by molar-refractivity contribution is 14.1. The van der Waals surface area contributed by atoms with Gasteiger partial charge in [0, 0.05) is 0 Å². The van der Waals surface area contributed by atoms with E-state index in [0.29, 0.717) is 0 Å². The van der Waals surface area contributed by atoms with E-state index in [0.717, 1.165) is 17.2 Å². The number of alkyl halides is 1. The fourth-order valence-electron chi connectivity index (χ4n) is 4.24. The van der Waals surface area contributed by atoms with Gasteiger partial charge in [-0.2, -0.15) is 0 Å². The van der Waals surface area contributed by atoms with Crippen molar-refractivity contribution in [1.82, 2.24) is 10.6 Å². The van der Waals surface area contributed by atoms with Crippen LogP contribution in [0.15, 0.2) is 84.6 Å². The summed E-state index contributed by atoms with van der Waals surface area (Å²) in [6.45, 7) is 6.67. The molecule has 0 aliphatic carbocycles. The van der Waals surface area contributed by atoms with Crippen molar-refractivity contribution in [3.63, 3.8) is 0 Å². The number of aliphatic hydroxyl groups is 1. The number of aliphatic hydroxyl groups excluding tert-OH is 1. The number of benzene rings is 3. The summed E-state index contributed by atoms with van der Waals surface area (Å²) in [6, 6.07) is 19.5. The van der Waals surface area contributed by atoms with Crippen molar-refractivity contribution >= 4 is 58.8 Å². The Morgan fingerprint density at radius 1 is 0.680 bits per heavy atom. The molecule has 0 saturated carbocycles. The number of alkyl carbamates (subject to hydrolysis) is 2. The highest BCUT2D eigenvalue weighted by Gasteiger charge is 2.31. The van der Waals surface area contributed by atoms with Gasteiger partial charge in [0.05, 0.1) is 0 Å². The molecule has 0 fully saturated rings. The van der Waals surface area contributed by atoms with Crippen molar-refractivity contribution in [3.8, 4) is 11.5 Å². The molecule has 2 atom stereocenters. The maximum absolute atomic E-state index is 13.5. The Morgan fingerprint density at radius 2 is 1.14 bits per heavy atom. The van der Waals surface area contributed by atoms with Gasteiger partial charge >= 0.3 is 30.1 Å². The first kappa shape index (κ1) is 39.3. The molecule has 0 bridgehead atoms. The lowest BCUT2D eigenvalue weighted by Gasteiger charge is -2.23. The van der Waals surface area contributed by atoms with E-state index in [4.69, 9.17) is 23.7 Å². The van der Waals surface area contributed by atoms with Gasteiger partial charge in [0.2, 0.25) is 5.76 Å². The number of rotatable bonds is 15. The fourth-order valence-corrected chi connectivity index (χ4v) is 4.52. The lowest BCUT2D eigenvalue weighted by molar-refractivity contribution is -0.140. The fraction of sp³-hybridized carbons (Fsp3) is 0.306. The minimum absolute atomic E-state index is 0.00549. The molecule has 0 aliphatic rings. The maximum Gasteiger partial charge on any atom is 0.408 e. The standard InChI is InChI=1S/C36H39IN2O11/c1-22(2)30(38-35(44)46-19-24-11-7-5-8-12-24)33(42)49-28-16-15-26(17-27(40)32(41)48-21-37)18-29(28)50-34(43)31(23(3)4)39-36(45)47-20-25-13-9-6-10-14-25/h5-18,22-23,30-31,40H,19-21H2,1-4H3,(H,38,44)(H,39,45)/t30-,31-/m0/s1. The predicted octanol–water partition coefficient (Wildman–Crippen LogP) is 6.23. The summed E-state index contributed by atoms with van der Waals surface area (Å²) < 4.78 is 26.6. The molecule has 0 unspecified atom stereocenters. The molecule has 13 nitrogen and oxygen atoms in total. The van der Waals surface area contributed by atoms with Crippen LogP contribution in [0.25, 0.3) is 6.08 Å². The molecule has 3 aromatic carbocycles. The number of carbonyl (C=O) groups is 5. The van der Waals surface area contributed by atoms with Gasteiger partial charge in [0.25, 0.3) is 0 Å². The Bertz CT molecular complexity index is 1650. The van der Waals surface area contributed by atoms with Gasteiger partial charge in [0.15, 0.2) is 11.5 Å². The molecule has 0 radical (unpaired) electrons. The number of hydrogen-bond acceptors (Lipinski definition) is 11. The second kappa shape index (κ2) is 19.8. The van der Waals surface area contributed by atoms with E-state index in [-0.39, 0.29) is 34.9 Å². The Labute approximate surface area is 303 Å². The Hall–Kier alpha value is -5.12. The van der Waals surface area contributed by atoms with Crippen LogP contribution in [0.3, 0.4) is 0 Å². The van der Waals surface area contributed by atoms with E-state index in [1.165, 1.54) is 18.2 Å². The molecule has 0 spiro atoms. The Kier molecular flexibility index (Phi) is 15.5. The van der Waals surface area contributed by atoms with Gasteiger partial charge < -0.3 is 39.4 Å². The molecule has 3 N–H and O–H groups in total. The van der Waals surface area contributed by atoms with Gasteiger partial charge in [-0.05, 0) is 69.3 Å². The van der Waals surface area contributed by atoms with E-state index in [2.05, 4.69) is 10.6 Å². The van der Waals surface area contributed by atoms with Crippen molar-refractivity contribution in [2.75, 3.05) is 4.61 Å². The molecule has 3 aromatic rings. The zero-order chi connectivity index (χ0) is 36.6. The van der Waals surface area contributed by atoms with E-state index in [9.17, 15) is 29.1 Å². The van der Waals surface area contributed by atoms with Crippen molar-refractivity contribution in [1.29, 1.82) is 0 Å². The van der Waals surface area contributed by atoms with Crippen LogP contribution in [0.1, 0.15) is 44.4 Å². The molecule has 50 heavy (non-hydrogen) atoms. The molecule has 0 heterocycles. The number of amides is 2. The number of ether oxygens (including phenoxy) is 5. The average Bonchev–Trinajstić information content (AvgIpc) is 3.09. The number of carbonyl (C=O) groups excluding carboxylic acids is 5. The zero-order valence-corrected chi connectivity index (χ0v) is 30.1. The molecule has 0 aliphatic heterocycles. The lowest BCUT2D eigenvalue weighted by atomic mass is 10.0. The lowest BCUT2D eigenvalue weighted by Crippen LogP contribution is -2.47. The topological polar surface area (TPSA) is 176 Å². The molecule has 0 aromatic heterocycles. The molecule has 3 rings (SSSR count). The van der Waals surface area contributed by atoms with Gasteiger partial charge in [-0.15, -0.1) is 0 Å². The van der Waals surface area contributed by atoms with Crippen LogP contribution in [-0.4, -0.2) is 51.9 Å². The Balaban J connectivity index is 1.82. The highest BCUT2D eigenvalue weighted by Crippen LogP contribution is 2.31. The van der Waals surface area contributed by atoms with Crippen LogP contribution in [0.2, 0.25) is 0 Å². The SMILES string of the molecule is CC(C)[C@H](NC(=O)OCc1ccccc1)C(=O)Oc1ccc(C=C(O)C(=O)OCI)cc1OC(=O)[C@@H](NC(=O)OCc1ccccc1)C(C)C. The van der Waals surface area contributed by atoms with Gasteiger partial charge in [-0.25, -0.2) is 24.0 Å². The third-order valence-electron chi connectivity index (χ3n) is 6.90. The van der Waals surface area contributed by atoms with Crippen LogP contribution >= 0.6 is 22.6 Å². The third-order valence-corrected chi connectivity index (χ3v) is 7.21. The smallest absolute Gasteiger partial charge is 0.408 e. The van der Waals surface area contributed by atoms with Crippen LogP contribution in [0.5, 0.6) is 11.5 Å². The van der Waals surface area contributed by atoms with Gasteiger partial charge in [-0.3, -0.25) is 0 Å². The van der Waals surface area contributed by atoms with E-state index < -0.39 is 59.8 Å². The van der Waals surface area contributed by atoms with Crippen LogP contribution in [0.4, 0.5) is 9.59 Å². The normalized spacial score (nSPS) is 12.3. The molecular formula is C36H39IN2O11. The van der Waals surface area contributed by atoms with Crippen molar-refractivity contribution in [3.05, 3.63) is 101 Å². The van der Waals surface area contributed by atoms with Crippen molar-refractivity contribution in [2.24, 2.45) is 11.8 Å². The summed E-state index contributed by atoms with van der Waals surface area (Å²) >= 11 is 1.79. The predicted molar refractivity (Wildman–Crippen MR) is 190 cm³/mol. The monoisotopic (exact) mass is 802 g/mol. The third kappa shape index (κ3) is 12.7. The quantitative estimate of drug-likeness (QED) is 0.0302. The van der Waals surface area contributed by atoms with Crippen LogP contribution in [0, 0.1) is 11.8 Å². The Morgan fingerprint density at radius 3 is 1.58 bits per heavy atom. The van der Waals surface area contributed by atoms with E-state index >= 15 is 0 Å². The van der Waals surface area contributed by atoms with Crippen LogP contribution < -0.4 is 20.1 Å². The van der Waals surface area contributed by atoms with E-state index in [1.54, 1.807) is 98.8 Å². The largest absolute Gasteiger partial charge is 0.502 e. The number of hydrogen-bond donors (Lipinski definition) is 3. The first-order valence-corrected chi connectivity index (χ1v) is 17.1. The van der Waals surface area contributed by atoms with Gasteiger partial charge in [0.1, 0.15) is 29.9 Å². The summed E-state index contributed by atoms with van der Waals surface area (Å²) in [4.78, 5) is 64.0. The minimum atomic E-state index is -1.20. The first-order chi connectivity index (χ1) is 23.9. The van der Waals surface area contributed by atoms with Crippen molar-refractivity contribution < 1.29 is 52.8 Å². The summed E-state index contributed by atoms with van der Waals surface area (Å²) in [7, 11) is 0. The average molecular weight is 803 g/mol. The number of esters is 3. The van der Waals surface area contributed by atoms with Crippen molar-refractivity contribution in [2.45, 2.75) is 53.0 Å². The molecule has 266 valence electrons. The zero-order valence-electron chi connectivity index (χ0n) is 27.9. The summed E-state index contributed by atoms with van der Waals surface area (Å²) in [6.07, 6.45) is -0.648. The summed E-state index contributed by atoms with van der Waals surface area (Å²) in [5.41, 5.74) is 1.67. The minimum Gasteiger partial charge on any atom is -0.502 e. The maximum atomic E-state index is 13.5. The second-order valence-corrected chi connectivity index (χ2v) is 12.1. The molecular weight excluding hydrogens is 763 g/mol. The van der Waals surface area contributed by atoms with Crippen LogP contribution in [-0.2, 0) is 41.8 Å². The number of nitrogens with one attached hydrogen (secondary N) is 2. The molecule has 2 amide bonds. The highest BCUT2D eigenvalue weighted by atomic mass is 127. The second-order valence-electron chi connectivity index (χ2n) is 11.5. The van der Waals surface area contributed by atoms with E-state index in [1.807, 2.05) is 12.1 Å². The first-order valence-electron chi connectivity index (χ1n) is 15.5. The molecule has 0 saturated heterocycles.